The minimum Gasteiger partial charge on any atom is -0.411 e. The highest BCUT2D eigenvalue weighted by Crippen LogP contribution is 2.05. The lowest BCUT2D eigenvalue weighted by molar-refractivity contribution is 0.320. The molecule has 4 heteroatoms. The van der Waals surface area contributed by atoms with Gasteiger partial charge in [-0.2, -0.15) is 0 Å². The monoisotopic (exact) mass is 197 g/mol. The van der Waals surface area contributed by atoms with Crippen molar-refractivity contribution in [3.05, 3.63) is 0 Å². The second-order valence-corrected chi connectivity index (χ2v) is 3.53. The molecule has 0 radical (unpaired) electrons. The normalized spacial score (nSPS) is 17.5. The number of hydrogen-bond donors (Lipinski definition) is 1. The summed E-state index contributed by atoms with van der Waals surface area (Å²) >= 11 is 0. The zero-order valence-electron chi connectivity index (χ0n) is 8.82. The van der Waals surface area contributed by atoms with Crippen LogP contribution in [0.4, 0.5) is 0 Å². The molecule has 4 nitrogen and oxygen atoms in total. The van der Waals surface area contributed by atoms with Crippen molar-refractivity contribution >= 4 is 12.1 Å². The van der Waals surface area contributed by atoms with Crippen LogP contribution in [0.1, 0.15) is 32.6 Å². The van der Waals surface area contributed by atoms with E-state index in [2.05, 4.69) is 22.0 Å². The third-order valence-corrected chi connectivity index (χ3v) is 2.39. The number of hydrogen-bond acceptors (Lipinski definition) is 4. The highest BCUT2D eigenvalue weighted by atomic mass is 16.4. The van der Waals surface area contributed by atoms with Crippen LogP contribution in [0.2, 0.25) is 0 Å². The fourth-order valence-corrected chi connectivity index (χ4v) is 1.62. The van der Waals surface area contributed by atoms with Crippen LogP contribution in [-0.4, -0.2) is 41.8 Å². The SMILES string of the molecule is CCCCCN1CCCN=C1C=NO. The maximum atomic E-state index is 8.47. The van der Waals surface area contributed by atoms with E-state index in [-0.39, 0.29) is 0 Å². The predicted octanol–water partition coefficient (Wildman–Crippen LogP) is 1.74. The van der Waals surface area contributed by atoms with Gasteiger partial charge >= 0.3 is 0 Å². The first-order valence-corrected chi connectivity index (χ1v) is 5.35. The molecule has 1 N–H and O–H groups in total. The van der Waals surface area contributed by atoms with Crippen LogP contribution in [0.3, 0.4) is 0 Å². The molecule has 0 fully saturated rings. The predicted molar refractivity (Wildman–Crippen MR) is 58.3 cm³/mol. The average molecular weight is 197 g/mol. The molecular weight excluding hydrogens is 178 g/mol. The summed E-state index contributed by atoms with van der Waals surface area (Å²) in [6, 6.07) is 0. The summed E-state index contributed by atoms with van der Waals surface area (Å²) in [6.45, 7) is 5.11. The first kappa shape index (κ1) is 11.0. The van der Waals surface area contributed by atoms with Gasteiger partial charge in [0.05, 0.1) is 0 Å². The van der Waals surface area contributed by atoms with E-state index >= 15 is 0 Å². The summed E-state index contributed by atoms with van der Waals surface area (Å²) in [5.74, 6) is 0.829. The van der Waals surface area contributed by atoms with Crippen molar-refractivity contribution in [2.45, 2.75) is 32.6 Å². The van der Waals surface area contributed by atoms with Crippen molar-refractivity contribution in [1.29, 1.82) is 0 Å². The largest absolute Gasteiger partial charge is 0.411 e. The van der Waals surface area contributed by atoms with Gasteiger partial charge in [0.25, 0.3) is 0 Å². The Bertz CT molecular complexity index is 213. The van der Waals surface area contributed by atoms with Crippen LogP contribution < -0.4 is 0 Å². The number of amidine groups is 1. The molecule has 0 aromatic heterocycles. The zero-order valence-corrected chi connectivity index (χ0v) is 8.82. The quantitative estimate of drug-likeness (QED) is 0.316. The molecule has 0 saturated heterocycles. The Hall–Kier alpha value is -1.06. The highest BCUT2D eigenvalue weighted by molar-refractivity contribution is 6.29. The fraction of sp³-hybridized carbons (Fsp3) is 0.800. The molecule has 0 aliphatic carbocycles. The second kappa shape index (κ2) is 6.40. The van der Waals surface area contributed by atoms with Crippen molar-refractivity contribution in [3.63, 3.8) is 0 Å². The van der Waals surface area contributed by atoms with Gasteiger partial charge in [-0.3, -0.25) is 4.99 Å². The molecule has 0 aromatic rings. The Morgan fingerprint density at radius 1 is 1.57 bits per heavy atom. The average Bonchev–Trinajstić information content (AvgIpc) is 2.21. The van der Waals surface area contributed by atoms with Gasteiger partial charge in [-0.15, -0.1) is 0 Å². The van der Waals surface area contributed by atoms with Gasteiger partial charge in [0.1, 0.15) is 12.1 Å². The standard InChI is InChI=1S/C10H19N3O/c1-2-3-4-7-13-8-5-6-11-10(13)9-12-14/h9,14H,2-8H2,1H3. The minimum atomic E-state index is 0.829. The van der Waals surface area contributed by atoms with Crippen LogP contribution in [0.15, 0.2) is 10.1 Å². The first-order valence-electron chi connectivity index (χ1n) is 5.35. The first-order chi connectivity index (χ1) is 6.88. The molecule has 0 saturated carbocycles. The number of unbranched alkanes of at least 4 members (excludes halogenated alkanes) is 2. The molecule has 0 spiro atoms. The van der Waals surface area contributed by atoms with Crippen molar-refractivity contribution in [2.75, 3.05) is 19.6 Å². The molecule has 1 aliphatic rings. The Balaban J connectivity index is 2.40. The van der Waals surface area contributed by atoms with Crippen molar-refractivity contribution in [2.24, 2.45) is 10.1 Å². The molecular formula is C10H19N3O. The zero-order chi connectivity index (χ0) is 10.2. The Morgan fingerprint density at radius 3 is 3.14 bits per heavy atom. The van der Waals surface area contributed by atoms with Gasteiger partial charge in [-0.25, -0.2) is 0 Å². The summed E-state index contributed by atoms with van der Waals surface area (Å²) < 4.78 is 0. The van der Waals surface area contributed by atoms with Gasteiger partial charge in [0, 0.05) is 19.6 Å². The lowest BCUT2D eigenvalue weighted by Crippen LogP contribution is -2.37. The van der Waals surface area contributed by atoms with Crippen molar-refractivity contribution in [1.82, 2.24) is 4.90 Å². The molecule has 0 atom stereocenters. The Kier molecular flexibility index (Phi) is 5.04. The smallest absolute Gasteiger partial charge is 0.145 e. The fourth-order valence-electron chi connectivity index (χ4n) is 1.62. The summed E-state index contributed by atoms with van der Waals surface area (Å²) in [6.07, 6.45) is 6.21. The maximum Gasteiger partial charge on any atom is 0.145 e. The molecule has 0 bridgehead atoms. The Labute approximate surface area is 85.3 Å². The van der Waals surface area contributed by atoms with E-state index in [1.807, 2.05) is 0 Å². The molecule has 80 valence electrons. The van der Waals surface area contributed by atoms with Crippen molar-refractivity contribution in [3.8, 4) is 0 Å². The van der Waals surface area contributed by atoms with Crippen LogP contribution in [0, 0.1) is 0 Å². The Morgan fingerprint density at radius 2 is 2.43 bits per heavy atom. The third kappa shape index (κ3) is 3.36. The van der Waals surface area contributed by atoms with Gasteiger partial charge in [0.2, 0.25) is 0 Å². The number of aliphatic imine (C=N–C) groups is 1. The minimum absolute atomic E-state index is 0.829. The van der Waals surface area contributed by atoms with E-state index in [4.69, 9.17) is 5.21 Å². The van der Waals surface area contributed by atoms with E-state index in [0.29, 0.717) is 0 Å². The van der Waals surface area contributed by atoms with Crippen LogP contribution >= 0.6 is 0 Å². The van der Waals surface area contributed by atoms with Crippen molar-refractivity contribution < 1.29 is 5.21 Å². The molecule has 1 rings (SSSR count). The molecule has 0 unspecified atom stereocenters. The number of rotatable bonds is 5. The summed E-state index contributed by atoms with van der Waals surface area (Å²) in [7, 11) is 0. The van der Waals surface area contributed by atoms with Gasteiger partial charge < -0.3 is 10.1 Å². The lowest BCUT2D eigenvalue weighted by atomic mass is 10.2. The number of oxime groups is 1. The lowest BCUT2D eigenvalue weighted by Gasteiger charge is -2.26. The molecule has 14 heavy (non-hydrogen) atoms. The highest BCUT2D eigenvalue weighted by Gasteiger charge is 2.12. The topological polar surface area (TPSA) is 48.2 Å². The van der Waals surface area contributed by atoms with E-state index in [9.17, 15) is 0 Å². The van der Waals surface area contributed by atoms with Crippen LogP contribution in [-0.2, 0) is 0 Å². The van der Waals surface area contributed by atoms with Crippen LogP contribution in [0.5, 0.6) is 0 Å². The van der Waals surface area contributed by atoms with E-state index in [0.717, 1.165) is 31.9 Å². The maximum absolute atomic E-state index is 8.47. The van der Waals surface area contributed by atoms with Gasteiger partial charge in [0.15, 0.2) is 0 Å². The molecule has 1 heterocycles. The van der Waals surface area contributed by atoms with Gasteiger partial charge in [-0.05, 0) is 12.8 Å². The third-order valence-electron chi connectivity index (χ3n) is 2.39. The number of nitrogens with zero attached hydrogens (tertiary/aromatic N) is 3. The molecule has 1 aliphatic heterocycles. The van der Waals surface area contributed by atoms with Crippen LogP contribution in [0.25, 0.3) is 0 Å². The van der Waals surface area contributed by atoms with E-state index in [1.54, 1.807) is 0 Å². The summed E-state index contributed by atoms with van der Waals surface area (Å²) in [5, 5.41) is 11.5. The van der Waals surface area contributed by atoms with Gasteiger partial charge in [-0.1, -0.05) is 24.9 Å². The summed E-state index contributed by atoms with van der Waals surface area (Å²) in [5.41, 5.74) is 0. The molecule has 0 amide bonds. The molecule has 0 aromatic carbocycles. The van der Waals surface area contributed by atoms with E-state index < -0.39 is 0 Å². The van der Waals surface area contributed by atoms with E-state index in [1.165, 1.54) is 25.5 Å². The summed E-state index contributed by atoms with van der Waals surface area (Å²) in [4.78, 5) is 6.51. The second-order valence-electron chi connectivity index (χ2n) is 3.53.